The summed E-state index contributed by atoms with van der Waals surface area (Å²) in [4.78, 5) is 12.7. The van der Waals surface area contributed by atoms with E-state index in [1.54, 1.807) is 30.3 Å². The summed E-state index contributed by atoms with van der Waals surface area (Å²) < 4.78 is 27.6. The Morgan fingerprint density at radius 2 is 1.50 bits per heavy atom. The van der Waals surface area contributed by atoms with Gasteiger partial charge in [-0.3, -0.25) is 9.10 Å². The summed E-state index contributed by atoms with van der Waals surface area (Å²) in [7, 11) is -3.94. The smallest absolute Gasteiger partial charge is 0.264 e. The molecule has 0 fully saturated rings. The number of hydrogen-bond acceptors (Lipinski definition) is 3. The molecule has 7 heteroatoms. The molecule has 0 radical (unpaired) electrons. The van der Waals surface area contributed by atoms with E-state index in [4.69, 9.17) is 11.6 Å². The number of nitrogens with one attached hydrogen (secondary N) is 1. The molecular weight excluding hydrogens is 420 g/mol. The zero-order valence-corrected chi connectivity index (χ0v) is 18.1. The molecule has 0 spiro atoms. The molecule has 30 heavy (non-hydrogen) atoms. The summed E-state index contributed by atoms with van der Waals surface area (Å²) in [5.41, 5.74) is 1.52. The molecule has 1 unspecified atom stereocenters. The van der Waals surface area contributed by atoms with Gasteiger partial charge in [-0.25, -0.2) is 8.42 Å². The van der Waals surface area contributed by atoms with Gasteiger partial charge in [-0.2, -0.15) is 0 Å². The van der Waals surface area contributed by atoms with Crippen molar-refractivity contribution >= 4 is 33.2 Å². The predicted octanol–water partition coefficient (Wildman–Crippen LogP) is 4.46. The van der Waals surface area contributed by atoms with Crippen molar-refractivity contribution in [2.75, 3.05) is 17.4 Å². The molecule has 0 aromatic heterocycles. The molecule has 5 nitrogen and oxygen atoms in total. The number of carbonyl (C=O) groups is 1. The van der Waals surface area contributed by atoms with Gasteiger partial charge in [0.25, 0.3) is 10.0 Å². The number of halogens is 1. The van der Waals surface area contributed by atoms with Crippen LogP contribution in [-0.4, -0.2) is 27.4 Å². The lowest BCUT2D eigenvalue weighted by molar-refractivity contribution is -0.119. The van der Waals surface area contributed by atoms with Crippen LogP contribution >= 0.6 is 11.6 Å². The van der Waals surface area contributed by atoms with Gasteiger partial charge in [-0.1, -0.05) is 67.1 Å². The summed E-state index contributed by atoms with van der Waals surface area (Å²) in [5, 5.41) is 3.29. The third kappa shape index (κ3) is 5.40. The van der Waals surface area contributed by atoms with Crippen LogP contribution in [0.5, 0.6) is 0 Å². The maximum atomic E-state index is 13.2. The standard InChI is InChI=1S/C23H23ClN2O3S/c1-18(19-8-4-2-5-9-19)16-25-23(27)17-26(21-10-6-3-7-11-21)30(28,29)22-14-12-20(24)13-15-22/h2-15,18H,16-17H2,1H3,(H,25,27). The Morgan fingerprint density at radius 3 is 2.10 bits per heavy atom. The van der Waals surface area contributed by atoms with Crippen molar-refractivity contribution in [2.24, 2.45) is 0 Å². The highest BCUT2D eigenvalue weighted by molar-refractivity contribution is 7.92. The first kappa shape index (κ1) is 21.9. The second-order valence-corrected chi connectivity index (χ2v) is 9.22. The molecule has 1 N–H and O–H groups in total. The fraction of sp³-hybridized carbons (Fsp3) is 0.174. The fourth-order valence-electron chi connectivity index (χ4n) is 3.00. The molecule has 0 aliphatic heterocycles. The van der Waals surface area contributed by atoms with Crippen molar-refractivity contribution in [1.82, 2.24) is 5.32 Å². The van der Waals surface area contributed by atoms with Crippen molar-refractivity contribution in [2.45, 2.75) is 17.7 Å². The highest BCUT2D eigenvalue weighted by Crippen LogP contribution is 2.24. The Labute approximate surface area is 182 Å². The monoisotopic (exact) mass is 442 g/mol. The third-order valence-corrected chi connectivity index (χ3v) is 6.75. The SMILES string of the molecule is CC(CNC(=O)CN(c1ccccc1)S(=O)(=O)c1ccc(Cl)cc1)c1ccccc1. The molecule has 0 aliphatic carbocycles. The molecule has 3 aromatic rings. The number of benzene rings is 3. The number of anilines is 1. The van der Waals surface area contributed by atoms with Crippen LogP contribution in [-0.2, 0) is 14.8 Å². The molecule has 3 rings (SSSR count). The minimum Gasteiger partial charge on any atom is -0.354 e. The summed E-state index contributed by atoms with van der Waals surface area (Å²) in [6, 6.07) is 24.3. The van der Waals surface area contributed by atoms with Gasteiger partial charge in [-0.05, 0) is 47.9 Å². The second kappa shape index (κ2) is 9.78. The molecule has 1 atom stereocenters. The number of sulfonamides is 1. The normalized spacial score (nSPS) is 12.2. The average Bonchev–Trinajstić information content (AvgIpc) is 2.77. The van der Waals surface area contributed by atoms with E-state index in [1.165, 1.54) is 24.3 Å². The Hall–Kier alpha value is -2.83. The summed E-state index contributed by atoms with van der Waals surface area (Å²) in [5.74, 6) is -0.271. The highest BCUT2D eigenvalue weighted by atomic mass is 35.5. The number of nitrogens with zero attached hydrogens (tertiary/aromatic N) is 1. The summed E-state index contributed by atoms with van der Waals surface area (Å²) in [6.07, 6.45) is 0. The van der Waals surface area contributed by atoms with E-state index in [9.17, 15) is 13.2 Å². The maximum absolute atomic E-state index is 13.2. The molecule has 0 heterocycles. The molecule has 0 bridgehead atoms. The van der Waals surface area contributed by atoms with Gasteiger partial charge in [-0.15, -0.1) is 0 Å². The van der Waals surface area contributed by atoms with E-state index in [0.29, 0.717) is 17.3 Å². The van der Waals surface area contributed by atoms with Crippen LogP contribution in [0.1, 0.15) is 18.4 Å². The molecule has 0 saturated carbocycles. The molecule has 0 saturated heterocycles. The van der Waals surface area contributed by atoms with Crippen LogP contribution in [0.15, 0.2) is 89.8 Å². The van der Waals surface area contributed by atoms with E-state index >= 15 is 0 Å². The molecular formula is C23H23ClN2O3S. The summed E-state index contributed by atoms with van der Waals surface area (Å²) in [6.45, 7) is 2.10. The lowest BCUT2D eigenvalue weighted by Crippen LogP contribution is -2.41. The van der Waals surface area contributed by atoms with Crippen molar-refractivity contribution in [3.8, 4) is 0 Å². The number of para-hydroxylation sites is 1. The number of hydrogen-bond donors (Lipinski definition) is 1. The van der Waals surface area contributed by atoms with Crippen LogP contribution in [0.3, 0.4) is 0 Å². The zero-order chi connectivity index (χ0) is 21.6. The first-order valence-corrected chi connectivity index (χ1v) is 11.3. The van der Waals surface area contributed by atoms with Crippen LogP contribution in [0.4, 0.5) is 5.69 Å². The Morgan fingerprint density at radius 1 is 0.933 bits per heavy atom. The van der Waals surface area contributed by atoms with E-state index in [0.717, 1.165) is 9.87 Å². The van der Waals surface area contributed by atoms with E-state index < -0.39 is 10.0 Å². The number of rotatable bonds is 8. The van der Waals surface area contributed by atoms with Gasteiger partial charge in [0.1, 0.15) is 6.54 Å². The van der Waals surface area contributed by atoms with Gasteiger partial charge in [0.05, 0.1) is 10.6 Å². The van der Waals surface area contributed by atoms with E-state index in [-0.39, 0.29) is 23.3 Å². The molecule has 3 aromatic carbocycles. The lowest BCUT2D eigenvalue weighted by Gasteiger charge is -2.24. The van der Waals surface area contributed by atoms with Crippen molar-refractivity contribution in [1.29, 1.82) is 0 Å². The predicted molar refractivity (Wildman–Crippen MR) is 120 cm³/mol. The number of carbonyl (C=O) groups excluding carboxylic acids is 1. The quantitative estimate of drug-likeness (QED) is 0.560. The van der Waals surface area contributed by atoms with Gasteiger partial charge >= 0.3 is 0 Å². The fourth-order valence-corrected chi connectivity index (χ4v) is 4.54. The average molecular weight is 443 g/mol. The molecule has 0 aliphatic rings. The Bertz CT molecular complexity index is 1070. The molecule has 1 amide bonds. The van der Waals surface area contributed by atoms with Gasteiger partial charge in [0, 0.05) is 11.6 Å². The van der Waals surface area contributed by atoms with Crippen molar-refractivity contribution in [3.63, 3.8) is 0 Å². The van der Waals surface area contributed by atoms with Crippen molar-refractivity contribution < 1.29 is 13.2 Å². The Balaban J connectivity index is 1.78. The van der Waals surface area contributed by atoms with Gasteiger partial charge in [0.15, 0.2) is 0 Å². The summed E-state index contributed by atoms with van der Waals surface area (Å²) >= 11 is 5.89. The van der Waals surface area contributed by atoms with Crippen molar-refractivity contribution in [3.05, 3.63) is 95.5 Å². The largest absolute Gasteiger partial charge is 0.354 e. The highest BCUT2D eigenvalue weighted by Gasteiger charge is 2.27. The zero-order valence-electron chi connectivity index (χ0n) is 16.5. The Kier molecular flexibility index (Phi) is 7.13. The minimum absolute atomic E-state index is 0.0706. The van der Waals surface area contributed by atoms with Crippen LogP contribution in [0, 0.1) is 0 Å². The second-order valence-electron chi connectivity index (χ2n) is 6.92. The van der Waals surface area contributed by atoms with Gasteiger partial charge in [0.2, 0.25) is 5.91 Å². The van der Waals surface area contributed by atoms with Crippen LogP contribution < -0.4 is 9.62 Å². The maximum Gasteiger partial charge on any atom is 0.264 e. The lowest BCUT2D eigenvalue weighted by atomic mass is 10.0. The van der Waals surface area contributed by atoms with Crippen LogP contribution in [0.25, 0.3) is 0 Å². The first-order valence-electron chi connectivity index (χ1n) is 9.53. The van der Waals surface area contributed by atoms with Crippen LogP contribution in [0.2, 0.25) is 5.02 Å². The topological polar surface area (TPSA) is 66.5 Å². The third-order valence-electron chi connectivity index (χ3n) is 4.71. The first-order chi connectivity index (χ1) is 14.4. The molecule has 156 valence electrons. The number of amides is 1. The van der Waals surface area contributed by atoms with E-state index in [2.05, 4.69) is 5.32 Å². The minimum atomic E-state index is -3.94. The van der Waals surface area contributed by atoms with E-state index in [1.807, 2.05) is 37.3 Å². The van der Waals surface area contributed by atoms with Gasteiger partial charge < -0.3 is 5.32 Å².